The van der Waals surface area contributed by atoms with E-state index in [0.29, 0.717) is 11.4 Å². The predicted octanol–water partition coefficient (Wildman–Crippen LogP) is 2.91. The average Bonchev–Trinajstić information content (AvgIpc) is 2.78. The first-order valence-corrected chi connectivity index (χ1v) is 6.60. The molecule has 4 N–H and O–H groups in total. The molecule has 2 aromatic rings. The zero-order chi connectivity index (χ0) is 14.0. The molecule has 1 aromatic carbocycles. The molecule has 2 rings (SSSR count). The van der Waals surface area contributed by atoms with Crippen LogP contribution in [0.2, 0.25) is 0 Å². The molecule has 1 heterocycles. The maximum absolute atomic E-state index is 10.9. The maximum Gasteiger partial charge on any atom is 0.335 e. The summed E-state index contributed by atoms with van der Waals surface area (Å²) in [6.07, 6.45) is 1.81. The minimum Gasteiger partial charge on any atom is -0.478 e. The highest BCUT2D eigenvalue weighted by Gasteiger charge is 2.12. The summed E-state index contributed by atoms with van der Waals surface area (Å²) in [5.41, 5.74) is 7.19. The number of nitrogens with one attached hydrogen (secondary N) is 1. The molecule has 0 aliphatic carbocycles. The van der Waals surface area contributed by atoms with Gasteiger partial charge in [-0.2, -0.15) is 0 Å². The van der Waals surface area contributed by atoms with Crippen molar-refractivity contribution in [1.82, 2.24) is 4.98 Å². The van der Waals surface area contributed by atoms with E-state index in [1.807, 2.05) is 20.0 Å². The Morgan fingerprint density at radius 2 is 2.26 bits per heavy atom. The number of carboxylic acids is 1. The summed E-state index contributed by atoms with van der Waals surface area (Å²) in [5.74, 6) is -0.971. The van der Waals surface area contributed by atoms with E-state index in [1.54, 1.807) is 17.4 Å². The Kier molecular flexibility index (Phi) is 3.71. The van der Waals surface area contributed by atoms with Crippen molar-refractivity contribution < 1.29 is 9.90 Å². The SMILES string of the molecule is Cc1cnc(C(C)Nc2cc(C(=O)O)ccc2N)s1. The topological polar surface area (TPSA) is 88.2 Å². The molecular formula is C13H15N3O2S. The van der Waals surface area contributed by atoms with E-state index in [4.69, 9.17) is 10.8 Å². The Balaban J connectivity index is 2.22. The largest absolute Gasteiger partial charge is 0.478 e. The van der Waals surface area contributed by atoms with Crippen molar-refractivity contribution >= 4 is 28.7 Å². The highest BCUT2D eigenvalue weighted by Crippen LogP contribution is 2.27. The molecule has 5 nitrogen and oxygen atoms in total. The van der Waals surface area contributed by atoms with Gasteiger partial charge in [-0.15, -0.1) is 11.3 Å². The van der Waals surface area contributed by atoms with Crippen molar-refractivity contribution in [3.8, 4) is 0 Å². The molecule has 0 bridgehead atoms. The van der Waals surface area contributed by atoms with E-state index in [1.165, 1.54) is 12.1 Å². The lowest BCUT2D eigenvalue weighted by Crippen LogP contribution is -2.09. The Morgan fingerprint density at radius 3 is 2.84 bits per heavy atom. The number of thiazole rings is 1. The van der Waals surface area contributed by atoms with E-state index < -0.39 is 5.97 Å². The smallest absolute Gasteiger partial charge is 0.335 e. The molecule has 1 atom stereocenters. The van der Waals surface area contributed by atoms with Crippen LogP contribution in [0.1, 0.15) is 33.2 Å². The highest BCUT2D eigenvalue weighted by atomic mass is 32.1. The van der Waals surface area contributed by atoms with Crippen LogP contribution in [-0.4, -0.2) is 16.1 Å². The van der Waals surface area contributed by atoms with Gasteiger partial charge in [0.1, 0.15) is 5.01 Å². The zero-order valence-corrected chi connectivity index (χ0v) is 11.5. The molecule has 0 radical (unpaired) electrons. The van der Waals surface area contributed by atoms with E-state index in [2.05, 4.69) is 10.3 Å². The number of aryl methyl sites for hydroxylation is 1. The number of anilines is 2. The molecule has 6 heteroatoms. The van der Waals surface area contributed by atoms with E-state index in [0.717, 1.165) is 9.88 Å². The molecule has 1 unspecified atom stereocenters. The molecule has 19 heavy (non-hydrogen) atoms. The molecule has 0 aliphatic rings. The van der Waals surface area contributed by atoms with Gasteiger partial charge in [0.15, 0.2) is 0 Å². The van der Waals surface area contributed by atoms with Crippen molar-refractivity contribution in [2.24, 2.45) is 0 Å². The normalized spacial score (nSPS) is 12.1. The number of nitrogens with zero attached hydrogens (tertiary/aromatic N) is 1. The number of carbonyl (C=O) groups is 1. The van der Waals surface area contributed by atoms with Gasteiger partial charge in [-0.25, -0.2) is 9.78 Å². The van der Waals surface area contributed by atoms with Gasteiger partial charge < -0.3 is 16.2 Å². The predicted molar refractivity (Wildman–Crippen MR) is 76.7 cm³/mol. The quantitative estimate of drug-likeness (QED) is 0.748. The van der Waals surface area contributed by atoms with Gasteiger partial charge >= 0.3 is 5.97 Å². The number of hydrogen-bond donors (Lipinski definition) is 3. The number of aromatic nitrogens is 1. The van der Waals surface area contributed by atoms with Crippen molar-refractivity contribution in [1.29, 1.82) is 0 Å². The van der Waals surface area contributed by atoms with Crippen LogP contribution in [0, 0.1) is 6.92 Å². The summed E-state index contributed by atoms with van der Waals surface area (Å²) in [4.78, 5) is 16.4. The first-order chi connectivity index (χ1) is 8.97. The van der Waals surface area contributed by atoms with Gasteiger partial charge in [0.05, 0.1) is 23.0 Å². The number of nitrogen functional groups attached to an aromatic ring is 1. The van der Waals surface area contributed by atoms with Gasteiger partial charge in [-0.05, 0) is 32.0 Å². The Morgan fingerprint density at radius 1 is 1.53 bits per heavy atom. The summed E-state index contributed by atoms with van der Waals surface area (Å²) < 4.78 is 0. The summed E-state index contributed by atoms with van der Waals surface area (Å²) in [6, 6.07) is 4.59. The lowest BCUT2D eigenvalue weighted by atomic mass is 10.1. The Labute approximate surface area is 115 Å². The number of rotatable bonds is 4. The summed E-state index contributed by atoms with van der Waals surface area (Å²) in [5, 5.41) is 13.1. The van der Waals surface area contributed by atoms with Crippen molar-refractivity contribution in [2.75, 3.05) is 11.1 Å². The van der Waals surface area contributed by atoms with Crippen molar-refractivity contribution in [2.45, 2.75) is 19.9 Å². The number of benzene rings is 1. The van der Waals surface area contributed by atoms with Gasteiger partial charge in [-0.3, -0.25) is 0 Å². The van der Waals surface area contributed by atoms with Crippen LogP contribution >= 0.6 is 11.3 Å². The number of carboxylic acid groups (broad SMARTS) is 1. The van der Waals surface area contributed by atoms with Crippen LogP contribution in [0.3, 0.4) is 0 Å². The van der Waals surface area contributed by atoms with Gasteiger partial charge in [-0.1, -0.05) is 0 Å². The Hall–Kier alpha value is -2.08. The average molecular weight is 277 g/mol. The standard InChI is InChI=1S/C13H15N3O2S/c1-7-6-15-12(19-7)8(2)16-11-5-9(13(17)18)3-4-10(11)14/h3-6,8,16H,14H2,1-2H3,(H,17,18). The molecule has 0 saturated heterocycles. The lowest BCUT2D eigenvalue weighted by molar-refractivity contribution is 0.0697. The van der Waals surface area contributed by atoms with Gasteiger partial charge in [0.2, 0.25) is 0 Å². The van der Waals surface area contributed by atoms with Crippen LogP contribution in [-0.2, 0) is 0 Å². The third-order valence-corrected chi connectivity index (χ3v) is 3.78. The summed E-state index contributed by atoms with van der Waals surface area (Å²) in [6.45, 7) is 3.96. The molecule has 1 aromatic heterocycles. The maximum atomic E-state index is 10.9. The van der Waals surface area contributed by atoms with Gasteiger partial charge in [0, 0.05) is 11.1 Å². The van der Waals surface area contributed by atoms with Crippen molar-refractivity contribution in [3.05, 3.63) is 39.8 Å². The lowest BCUT2D eigenvalue weighted by Gasteiger charge is -2.15. The third kappa shape index (κ3) is 3.03. The van der Waals surface area contributed by atoms with Gasteiger partial charge in [0.25, 0.3) is 0 Å². The minimum absolute atomic E-state index is 0.0231. The fraction of sp³-hybridized carbons (Fsp3) is 0.231. The highest BCUT2D eigenvalue weighted by molar-refractivity contribution is 7.11. The molecule has 0 saturated carbocycles. The molecule has 0 spiro atoms. The molecule has 100 valence electrons. The number of hydrogen-bond acceptors (Lipinski definition) is 5. The third-order valence-electron chi connectivity index (χ3n) is 2.68. The molecule has 0 aliphatic heterocycles. The second-order valence-corrected chi connectivity index (χ2v) is 5.55. The fourth-order valence-corrected chi connectivity index (χ4v) is 2.46. The van der Waals surface area contributed by atoms with Crippen LogP contribution in [0.5, 0.6) is 0 Å². The van der Waals surface area contributed by atoms with Crippen molar-refractivity contribution in [3.63, 3.8) is 0 Å². The summed E-state index contributed by atoms with van der Waals surface area (Å²) >= 11 is 1.60. The second kappa shape index (κ2) is 5.27. The monoisotopic (exact) mass is 277 g/mol. The first kappa shape index (κ1) is 13.4. The van der Waals surface area contributed by atoms with Crippen LogP contribution in [0.15, 0.2) is 24.4 Å². The van der Waals surface area contributed by atoms with Crippen LogP contribution < -0.4 is 11.1 Å². The summed E-state index contributed by atoms with van der Waals surface area (Å²) in [7, 11) is 0. The van der Waals surface area contributed by atoms with E-state index in [-0.39, 0.29) is 11.6 Å². The number of nitrogens with two attached hydrogens (primary N) is 1. The van der Waals surface area contributed by atoms with E-state index >= 15 is 0 Å². The molecular weight excluding hydrogens is 262 g/mol. The first-order valence-electron chi connectivity index (χ1n) is 5.79. The zero-order valence-electron chi connectivity index (χ0n) is 10.7. The Bertz CT molecular complexity index is 610. The fourth-order valence-electron chi connectivity index (χ4n) is 1.68. The van der Waals surface area contributed by atoms with Crippen LogP contribution in [0.25, 0.3) is 0 Å². The van der Waals surface area contributed by atoms with Crippen LogP contribution in [0.4, 0.5) is 11.4 Å². The van der Waals surface area contributed by atoms with E-state index in [9.17, 15) is 4.79 Å². The molecule has 0 amide bonds. The minimum atomic E-state index is -0.971. The molecule has 0 fully saturated rings. The number of aromatic carboxylic acids is 1. The second-order valence-electron chi connectivity index (χ2n) is 4.28.